The highest BCUT2D eigenvalue weighted by molar-refractivity contribution is 5.56. The van der Waals surface area contributed by atoms with Gasteiger partial charge in [0.05, 0.1) is 17.6 Å². The number of nitrogens with zero attached hydrogens (tertiary/aromatic N) is 2. The molecule has 0 aliphatic rings. The fraction of sp³-hybridized carbons (Fsp3) is 0.125. The first-order chi connectivity index (χ1) is 5.79. The van der Waals surface area contributed by atoms with Crippen LogP contribution in [0.4, 0.5) is 5.95 Å². The van der Waals surface area contributed by atoms with Crippen LogP contribution in [0.2, 0.25) is 0 Å². The number of imidazole rings is 1. The summed E-state index contributed by atoms with van der Waals surface area (Å²) >= 11 is 0. The van der Waals surface area contributed by atoms with Crippen LogP contribution in [0.25, 0.3) is 11.4 Å². The zero-order valence-corrected chi connectivity index (χ0v) is 6.78. The SMILES string of the molecule is Cn1c(-c2ccc[nH]2)cnc1N. The molecule has 62 valence electrons. The maximum atomic E-state index is 5.58. The minimum Gasteiger partial charge on any atom is -0.369 e. The third-order valence-corrected chi connectivity index (χ3v) is 1.90. The number of nitrogens with two attached hydrogens (primary N) is 1. The van der Waals surface area contributed by atoms with Gasteiger partial charge in [0.2, 0.25) is 0 Å². The van der Waals surface area contributed by atoms with Crippen LogP contribution in [0.5, 0.6) is 0 Å². The number of aromatic nitrogens is 3. The van der Waals surface area contributed by atoms with Gasteiger partial charge < -0.3 is 15.3 Å². The maximum absolute atomic E-state index is 5.58. The lowest BCUT2D eigenvalue weighted by atomic mass is 10.3. The van der Waals surface area contributed by atoms with Gasteiger partial charge in [-0.3, -0.25) is 0 Å². The van der Waals surface area contributed by atoms with Gasteiger partial charge in [0, 0.05) is 13.2 Å². The van der Waals surface area contributed by atoms with E-state index in [0.717, 1.165) is 11.4 Å². The Morgan fingerprint density at radius 1 is 1.58 bits per heavy atom. The standard InChI is InChI=1S/C8H10N4/c1-12-7(5-11-8(12)9)6-3-2-4-10-6/h2-5,10H,1H3,(H2,9,11). The van der Waals surface area contributed by atoms with E-state index in [4.69, 9.17) is 5.73 Å². The van der Waals surface area contributed by atoms with E-state index in [1.165, 1.54) is 0 Å². The number of hydrogen-bond donors (Lipinski definition) is 2. The summed E-state index contributed by atoms with van der Waals surface area (Å²) in [5, 5.41) is 0. The molecule has 0 amide bonds. The number of aromatic amines is 1. The van der Waals surface area contributed by atoms with Gasteiger partial charge in [-0.25, -0.2) is 4.98 Å². The summed E-state index contributed by atoms with van der Waals surface area (Å²) in [7, 11) is 1.89. The highest BCUT2D eigenvalue weighted by Crippen LogP contribution is 2.17. The van der Waals surface area contributed by atoms with Crippen LogP contribution in [0.3, 0.4) is 0 Å². The van der Waals surface area contributed by atoms with Gasteiger partial charge in [-0.2, -0.15) is 0 Å². The fourth-order valence-electron chi connectivity index (χ4n) is 1.16. The van der Waals surface area contributed by atoms with Crippen molar-refractivity contribution in [2.45, 2.75) is 0 Å². The molecule has 4 heteroatoms. The molecule has 0 unspecified atom stereocenters. The molecule has 2 aromatic heterocycles. The Balaban J connectivity index is 2.55. The molecule has 0 aromatic carbocycles. The largest absolute Gasteiger partial charge is 0.369 e. The molecule has 2 heterocycles. The summed E-state index contributed by atoms with van der Waals surface area (Å²) in [6, 6.07) is 3.93. The Labute approximate surface area is 70.0 Å². The monoisotopic (exact) mass is 162 g/mol. The van der Waals surface area contributed by atoms with Crippen molar-refractivity contribution in [3.63, 3.8) is 0 Å². The van der Waals surface area contributed by atoms with Crippen LogP contribution in [0.1, 0.15) is 0 Å². The van der Waals surface area contributed by atoms with Crippen LogP contribution in [-0.2, 0) is 7.05 Å². The normalized spacial score (nSPS) is 10.4. The van der Waals surface area contributed by atoms with Crippen LogP contribution in [0, 0.1) is 0 Å². The summed E-state index contributed by atoms with van der Waals surface area (Å²) in [4.78, 5) is 7.08. The second-order valence-electron chi connectivity index (χ2n) is 2.64. The molecule has 4 nitrogen and oxygen atoms in total. The molecule has 3 N–H and O–H groups in total. The van der Waals surface area contributed by atoms with E-state index < -0.39 is 0 Å². The van der Waals surface area contributed by atoms with E-state index in [1.54, 1.807) is 6.20 Å². The minimum absolute atomic E-state index is 0.527. The van der Waals surface area contributed by atoms with Gasteiger partial charge in [-0.15, -0.1) is 0 Å². The second-order valence-corrected chi connectivity index (χ2v) is 2.64. The predicted molar refractivity (Wildman–Crippen MR) is 47.4 cm³/mol. The van der Waals surface area contributed by atoms with Crippen LogP contribution in [-0.4, -0.2) is 14.5 Å². The quantitative estimate of drug-likeness (QED) is 0.657. The van der Waals surface area contributed by atoms with Gasteiger partial charge in [-0.05, 0) is 12.1 Å². The van der Waals surface area contributed by atoms with Crippen molar-refractivity contribution in [2.24, 2.45) is 7.05 Å². The summed E-state index contributed by atoms with van der Waals surface area (Å²) < 4.78 is 1.84. The summed E-state index contributed by atoms with van der Waals surface area (Å²) in [6.45, 7) is 0. The molecule has 0 spiro atoms. The lowest BCUT2D eigenvalue weighted by Gasteiger charge is -1.99. The van der Waals surface area contributed by atoms with E-state index in [0.29, 0.717) is 5.95 Å². The first kappa shape index (κ1) is 6.97. The van der Waals surface area contributed by atoms with Gasteiger partial charge in [0.15, 0.2) is 5.95 Å². The molecule has 0 radical (unpaired) electrons. The Kier molecular flexibility index (Phi) is 1.40. The molecule has 0 aliphatic heterocycles. The Morgan fingerprint density at radius 3 is 2.92 bits per heavy atom. The zero-order chi connectivity index (χ0) is 8.55. The van der Waals surface area contributed by atoms with Gasteiger partial charge in [0.1, 0.15) is 0 Å². The topological polar surface area (TPSA) is 59.6 Å². The molecule has 0 fully saturated rings. The summed E-state index contributed by atoms with van der Waals surface area (Å²) in [5.41, 5.74) is 7.61. The molecule has 0 saturated carbocycles. The van der Waals surface area contributed by atoms with Crippen molar-refractivity contribution in [1.82, 2.24) is 14.5 Å². The van der Waals surface area contributed by atoms with Crippen molar-refractivity contribution in [3.8, 4) is 11.4 Å². The van der Waals surface area contributed by atoms with Crippen molar-refractivity contribution < 1.29 is 0 Å². The van der Waals surface area contributed by atoms with E-state index >= 15 is 0 Å². The number of H-pyrrole nitrogens is 1. The lowest BCUT2D eigenvalue weighted by molar-refractivity contribution is 0.934. The minimum atomic E-state index is 0.527. The van der Waals surface area contributed by atoms with Crippen LogP contribution < -0.4 is 5.73 Å². The smallest absolute Gasteiger partial charge is 0.200 e. The Morgan fingerprint density at radius 2 is 2.42 bits per heavy atom. The number of nitrogen functional groups attached to an aromatic ring is 1. The molecular weight excluding hydrogens is 152 g/mol. The molecule has 2 aromatic rings. The van der Waals surface area contributed by atoms with Crippen molar-refractivity contribution >= 4 is 5.95 Å². The Hall–Kier alpha value is -1.71. The number of rotatable bonds is 1. The first-order valence-corrected chi connectivity index (χ1v) is 3.70. The molecule has 0 saturated heterocycles. The van der Waals surface area contributed by atoms with Crippen LogP contribution >= 0.6 is 0 Å². The lowest BCUT2D eigenvalue weighted by Crippen LogP contribution is -1.98. The molecule has 0 atom stereocenters. The average molecular weight is 162 g/mol. The summed E-state index contributed by atoms with van der Waals surface area (Å²) in [5.74, 6) is 0.527. The molecule has 12 heavy (non-hydrogen) atoms. The Bertz CT molecular complexity index is 372. The molecular formula is C8H10N4. The number of nitrogens with one attached hydrogen (secondary N) is 1. The molecule has 0 aliphatic carbocycles. The van der Waals surface area contributed by atoms with E-state index in [2.05, 4.69) is 9.97 Å². The highest BCUT2D eigenvalue weighted by Gasteiger charge is 2.04. The molecule has 0 bridgehead atoms. The number of hydrogen-bond acceptors (Lipinski definition) is 2. The predicted octanol–water partition coefficient (Wildman–Crippen LogP) is 0.997. The average Bonchev–Trinajstić information content (AvgIpc) is 2.64. The van der Waals surface area contributed by atoms with Gasteiger partial charge in [-0.1, -0.05) is 0 Å². The number of anilines is 1. The highest BCUT2D eigenvalue weighted by atomic mass is 15.1. The van der Waals surface area contributed by atoms with E-state index in [1.807, 2.05) is 29.9 Å². The van der Waals surface area contributed by atoms with Crippen molar-refractivity contribution in [3.05, 3.63) is 24.5 Å². The van der Waals surface area contributed by atoms with Crippen molar-refractivity contribution in [2.75, 3.05) is 5.73 Å². The van der Waals surface area contributed by atoms with Gasteiger partial charge in [0.25, 0.3) is 0 Å². The first-order valence-electron chi connectivity index (χ1n) is 3.70. The zero-order valence-electron chi connectivity index (χ0n) is 6.78. The molecule has 2 rings (SSSR count). The van der Waals surface area contributed by atoms with Gasteiger partial charge >= 0.3 is 0 Å². The summed E-state index contributed by atoms with van der Waals surface area (Å²) in [6.07, 6.45) is 3.62. The second kappa shape index (κ2) is 2.41. The fourth-order valence-corrected chi connectivity index (χ4v) is 1.16. The van der Waals surface area contributed by atoms with Crippen LogP contribution in [0.15, 0.2) is 24.5 Å². The van der Waals surface area contributed by atoms with Crippen molar-refractivity contribution in [1.29, 1.82) is 0 Å². The third-order valence-electron chi connectivity index (χ3n) is 1.90. The maximum Gasteiger partial charge on any atom is 0.200 e. The van der Waals surface area contributed by atoms with E-state index in [-0.39, 0.29) is 0 Å². The third kappa shape index (κ3) is 0.887. The van der Waals surface area contributed by atoms with E-state index in [9.17, 15) is 0 Å².